The van der Waals surface area contributed by atoms with Gasteiger partial charge in [-0.15, -0.1) is 0 Å². The lowest BCUT2D eigenvalue weighted by Gasteiger charge is -2.30. The van der Waals surface area contributed by atoms with Gasteiger partial charge >= 0.3 is 22.4 Å². The van der Waals surface area contributed by atoms with Crippen LogP contribution in [0.3, 0.4) is 0 Å². The first-order valence-electron chi connectivity index (χ1n) is 7.22. The van der Waals surface area contributed by atoms with Gasteiger partial charge in [0.05, 0.1) is 16.8 Å². The molecule has 1 aliphatic heterocycles. The van der Waals surface area contributed by atoms with Gasteiger partial charge in [0.25, 0.3) is 0 Å². The van der Waals surface area contributed by atoms with Crippen LogP contribution in [-0.4, -0.2) is 36.9 Å². The van der Waals surface area contributed by atoms with Crippen LogP contribution in [0.2, 0.25) is 0 Å². The molecule has 0 amide bonds. The van der Waals surface area contributed by atoms with Gasteiger partial charge in [0, 0.05) is 13.1 Å². The molecule has 0 bridgehead atoms. The lowest BCUT2D eigenvalue weighted by atomic mass is 10.0. The standard InChI is InChI=1S/C14H17F3N2O4S/c1-9-3-2-4-19(8-9)24(22,23)18-12-6-10(13(20)21)5-11(7-12)14(15,16)17/h5-7,9,18H,2-4,8H2,1H3,(H,20,21)/t9-/m1/s1. The maximum absolute atomic E-state index is 12.9. The molecule has 1 atom stereocenters. The molecule has 1 aromatic carbocycles. The van der Waals surface area contributed by atoms with Gasteiger partial charge < -0.3 is 5.11 Å². The van der Waals surface area contributed by atoms with Crippen molar-refractivity contribution in [3.8, 4) is 0 Å². The molecular formula is C14H17F3N2O4S. The van der Waals surface area contributed by atoms with Crippen molar-refractivity contribution in [2.75, 3.05) is 17.8 Å². The molecular weight excluding hydrogens is 349 g/mol. The van der Waals surface area contributed by atoms with Gasteiger partial charge in [0.1, 0.15) is 0 Å². The number of carboxylic acids is 1. The van der Waals surface area contributed by atoms with E-state index in [0.29, 0.717) is 18.6 Å². The average Bonchev–Trinajstić information content (AvgIpc) is 2.45. The molecule has 1 saturated heterocycles. The third-order valence-electron chi connectivity index (χ3n) is 3.71. The van der Waals surface area contributed by atoms with Crippen molar-refractivity contribution in [3.63, 3.8) is 0 Å². The second-order valence-corrected chi connectivity index (χ2v) is 7.49. The van der Waals surface area contributed by atoms with Crippen LogP contribution >= 0.6 is 0 Å². The molecule has 24 heavy (non-hydrogen) atoms. The van der Waals surface area contributed by atoms with Crippen molar-refractivity contribution in [1.82, 2.24) is 4.31 Å². The molecule has 1 heterocycles. The first-order valence-corrected chi connectivity index (χ1v) is 8.66. The molecule has 2 N–H and O–H groups in total. The largest absolute Gasteiger partial charge is 0.478 e. The zero-order chi connectivity index (χ0) is 18.1. The Hall–Kier alpha value is -1.81. The van der Waals surface area contributed by atoms with Gasteiger partial charge in [0.2, 0.25) is 0 Å². The second kappa shape index (κ2) is 6.60. The molecule has 0 aromatic heterocycles. The van der Waals surface area contributed by atoms with Gasteiger partial charge in [-0.3, -0.25) is 4.72 Å². The number of benzene rings is 1. The van der Waals surface area contributed by atoms with Crippen LogP contribution in [0.5, 0.6) is 0 Å². The van der Waals surface area contributed by atoms with E-state index in [0.717, 1.165) is 16.8 Å². The van der Waals surface area contributed by atoms with Crippen LogP contribution in [0.15, 0.2) is 18.2 Å². The second-order valence-electron chi connectivity index (χ2n) is 5.81. The van der Waals surface area contributed by atoms with E-state index in [9.17, 15) is 26.4 Å². The number of rotatable bonds is 4. The van der Waals surface area contributed by atoms with Gasteiger partial charge in [-0.25, -0.2) is 4.79 Å². The number of nitrogens with zero attached hydrogens (tertiary/aromatic N) is 1. The number of anilines is 1. The molecule has 0 radical (unpaired) electrons. The number of hydrogen-bond donors (Lipinski definition) is 2. The molecule has 10 heteroatoms. The summed E-state index contributed by atoms with van der Waals surface area (Å²) in [5.41, 5.74) is -2.30. The Morgan fingerprint density at radius 3 is 2.54 bits per heavy atom. The maximum atomic E-state index is 12.9. The Labute approximate surface area is 137 Å². The number of aromatic carboxylic acids is 1. The third-order valence-corrected chi connectivity index (χ3v) is 5.22. The van der Waals surface area contributed by atoms with E-state index in [2.05, 4.69) is 4.72 Å². The molecule has 1 fully saturated rings. The van der Waals surface area contributed by atoms with Gasteiger partial charge in [0.15, 0.2) is 0 Å². The first kappa shape index (κ1) is 18.5. The summed E-state index contributed by atoms with van der Waals surface area (Å²) in [6.45, 7) is 2.42. The number of piperidine rings is 1. The minimum absolute atomic E-state index is 0.145. The van der Waals surface area contributed by atoms with E-state index < -0.39 is 39.2 Å². The van der Waals surface area contributed by atoms with Crippen LogP contribution in [0.4, 0.5) is 18.9 Å². The van der Waals surface area contributed by atoms with Crippen LogP contribution in [-0.2, 0) is 16.4 Å². The van der Waals surface area contributed by atoms with Gasteiger partial charge in [-0.05, 0) is 37.0 Å². The van der Waals surface area contributed by atoms with Crippen molar-refractivity contribution in [2.24, 2.45) is 5.92 Å². The highest BCUT2D eigenvalue weighted by Gasteiger charge is 2.33. The number of carbonyl (C=O) groups is 1. The van der Waals surface area contributed by atoms with Gasteiger partial charge in [-0.1, -0.05) is 6.92 Å². The molecule has 1 aromatic rings. The highest BCUT2D eigenvalue weighted by molar-refractivity contribution is 7.90. The van der Waals surface area contributed by atoms with E-state index in [1.807, 2.05) is 6.92 Å². The summed E-state index contributed by atoms with van der Waals surface area (Å²) in [5.74, 6) is -1.43. The van der Waals surface area contributed by atoms with E-state index in [1.165, 1.54) is 0 Å². The Bertz CT molecular complexity index is 734. The molecule has 0 spiro atoms. The Morgan fingerprint density at radius 2 is 2.00 bits per heavy atom. The summed E-state index contributed by atoms with van der Waals surface area (Å²) in [7, 11) is -4.05. The third kappa shape index (κ3) is 4.38. The predicted molar refractivity (Wildman–Crippen MR) is 80.9 cm³/mol. The minimum Gasteiger partial charge on any atom is -0.478 e. The number of alkyl halides is 3. The smallest absolute Gasteiger partial charge is 0.416 e. The van der Waals surface area contributed by atoms with Crippen molar-refractivity contribution in [3.05, 3.63) is 29.3 Å². The highest BCUT2D eigenvalue weighted by atomic mass is 32.2. The molecule has 0 saturated carbocycles. The normalized spacial score (nSPS) is 19.9. The summed E-state index contributed by atoms with van der Waals surface area (Å²) in [4.78, 5) is 11.0. The lowest BCUT2D eigenvalue weighted by molar-refractivity contribution is -0.137. The van der Waals surface area contributed by atoms with E-state index in [4.69, 9.17) is 5.11 Å². The number of nitrogens with one attached hydrogen (secondary N) is 1. The fourth-order valence-corrected chi connectivity index (χ4v) is 3.92. The summed E-state index contributed by atoms with van der Waals surface area (Å²) in [5, 5.41) is 8.93. The van der Waals surface area contributed by atoms with Crippen molar-refractivity contribution < 1.29 is 31.5 Å². The number of halogens is 3. The van der Waals surface area contributed by atoms with Crippen LogP contribution < -0.4 is 4.72 Å². The molecule has 0 unspecified atom stereocenters. The Kier molecular flexibility index (Phi) is 5.09. The van der Waals surface area contributed by atoms with Crippen molar-refractivity contribution >= 4 is 21.9 Å². The van der Waals surface area contributed by atoms with Crippen LogP contribution in [0, 0.1) is 5.92 Å². The molecule has 134 valence electrons. The zero-order valence-electron chi connectivity index (χ0n) is 12.8. The van der Waals surface area contributed by atoms with Gasteiger partial charge in [-0.2, -0.15) is 25.9 Å². The first-order chi connectivity index (χ1) is 11.0. The van der Waals surface area contributed by atoms with E-state index in [-0.39, 0.29) is 19.0 Å². The molecule has 1 aliphatic rings. The fraction of sp³-hybridized carbons (Fsp3) is 0.500. The summed E-state index contributed by atoms with van der Waals surface area (Å²) < 4.78 is 66.5. The quantitative estimate of drug-likeness (QED) is 0.858. The SMILES string of the molecule is C[C@@H]1CCCN(S(=O)(=O)Nc2cc(C(=O)O)cc(C(F)(F)F)c2)C1. The topological polar surface area (TPSA) is 86.7 Å². The predicted octanol–water partition coefficient (Wildman–Crippen LogP) is 2.79. The number of hydrogen-bond acceptors (Lipinski definition) is 3. The fourth-order valence-electron chi connectivity index (χ4n) is 2.55. The number of carboxylic acid groups (broad SMARTS) is 1. The van der Waals surface area contributed by atoms with Crippen LogP contribution in [0.25, 0.3) is 0 Å². The maximum Gasteiger partial charge on any atom is 0.416 e. The average molecular weight is 366 g/mol. The molecule has 2 rings (SSSR count). The minimum atomic E-state index is -4.79. The lowest BCUT2D eigenvalue weighted by Crippen LogP contribution is -2.42. The molecule has 0 aliphatic carbocycles. The monoisotopic (exact) mass is 366 g/mol. The molecule has 6 nitrogen and oxygen atoms in total. The van der Waals surface area contributed by atoms with E-state index in [1.54, 1.807) is 0 Å². The zero-order valence-corrected chi connectivity index (χ0v) is 13.6. The Morgan fingerprint density at radius 1 is 1.33 bits per heavy atom. The Balaban J connectivity index is 2.34. The van der Waals surface area contributed by atoms with Crippen LogP contribution in [0.1, 0.15) is 35.7 Å². The van der Waals surface area contributed by atoms with E-state index >= 15 is 0 Å². The summed E-state index contributed by atoms with van der Waals surface area (Å²) in [6, 6.07) is 1.91. The summed E-state index contributed by atoms with van der Waals surface area (Å²) in [6.07, 6.45) is -3.25. The van der Waals surface area contributed by atoms with Crippen molar-refractivity contribution in [1.29, 1.82) is 0 Å². The summed E-state index contributed by atoms with van der Waals surface area (Å²) >= 11 is 0. The van der Waals surface area contributed by atoms with Crippen molar-refractivity contribution in [2.45, 2.75) is 25.9 Å². The highest BCUT2D eigenvalue weighted by Crippen LogP contribution is 2.32.